The van der Waals surface area contributed by atoms with Gasteiger partial charge in [-0.3, -0.25) is 19.5 Å². The lowest BCUT2D eigenvalue weighted by molar-refractivity contribution is -0.120. The van der Waals surface area contributed by atoms with Gasteiger partial charge >= 0.3 is 0 Å². The number of nitrogens with zero attached hydrogens (tertiary/aromatic N) is 6. The van der Waals surface area contributed by atoms with Crippen molar-refractivity contribution in [3.05, 3.63) is 30.0 Å². The molecule has 0 aliphatic carbocycles. The topological polar surface area (TPSA) is 106 Å². The molecular weight excluding hydrogens is 484 g/mol. The maximum Gasteiger partial charge on any atom is 0.251 e. The van der Waals surface area contributed by atoms with Crippen LogP contribution in [0.25, 0.3) is 0 Å². The van der Waals surface area contributed by atoms with E-state index in [0.29, 0.717) is 59.5 Å². The SMILES string of the molecule is CCC1C(=O)N(C)c2cnc(Nc3ccc(C(=O)NCCN(C(C)C)C(C)C)cc3OC)nc2N1N(C)C. The number of likely N-dealkylation sites (N-methyl/N-ethyl adjacent to an activating group) is 1. The van der Waals surface area contributed by atoms with Crippen LogP contribution in [0.2, 0.25) is 0 Å². The highest BCUT2D eigenvalue weighted by atomic mass is 16.5. The van der Waals surface area contributed by atoms with Crippen molar-refractivity contribution in [2.24, 2.45) is 0 Å². The number of amides is 2. The minimum atomic E-state index is -0.356. The number of fused-ring (bicyclic) bond motifs is 1. The molecule has 2 N–H and O–H groups in total. The zero-order valence-electron chi connectivity index (χ0n) is 24.1. The molecule has 1 atom stereocenters. The van der Waals surface area contributed by atoms with Gasteiger partial charge in [0.1, 0.15) is 17.5 Å². The second kappa shape index (κ2) is 12.4. The molecule has 2 amide bonds. The first-order valence-corrected chi connectivity index (χ1v) is 13.1. The second-order valence-electron chi connectivity index (χ2n) is 10.1. The number of methoxy groups -OCH3 is 1. The van der Waals surface area contributed by atoms with Gasteiger partial charge in [-0.15, -0.1) is 0 Å². The minimum Gasteiger partial charge on any atom is -0.495 e. The van der Waals surface area contributed by atoms with E-state index in [1.54, 1.807) is 43.5 Å². The van der Waals surface area contributed by atoms with E-state index in [-0.39, 0.29) is 17.9 Å². The van der Waals surface area contributed by atoms with Crippen molar-refractivity contribution in [3.8, 4) is 5.75 Å². The molecule has 1 aromatic carbocycles. The molecule has 2 aromatic rings. The summed E-state index contributed by atoms with van der Waals surface area (Å²) in [6, 6.07) is 5.67. The van der Waals surface area contributed by atoms with Crippen molar-refractivity contribution in [1.82, 2.24) is 25.2 Å². The molecule has 1 aliphatic rings. The third-order valence-electron chi connectivity index (χ3n) is 6.75. The van der Waals surface area contributed by atoms with Gasteiger partial charge in [-0.1, -0.05) is 6.92 Å². The molecule has 0 saturated heterocycles. The van der Waals surface area contributed by atoms with Gasteiger partial charge in [-0.05, 0) is 52.3 Å². The third-order valence-corrected chi connectivity index (χ3v) is 6.75. The van der Waals surface area contributed by atoms with Crippen LogP contribution in [-0.2, 0) is 4.79 Å². The molecular formula is C27H42N8O3. The predicted molar refractivity (Wildman–Crippen MR) is 151 cm³/mol. The van der Waals surface area contributed by atoms with Crippen LogP contribution in [0, 0.1) is 0 Å². The van der Waals surface area contributed by atoms with Crippen LogP contribution in [0.15, 0.2) is 24.4 Å². The average Bonchev–Trinajstić information content (AvgIpc) is 2.87. The molecule has 208 valence electrons. The summed E-state index contributed by atoms with van der Waals surface area (Å²) >= 11 is 0. The van der Waals surface area contributed by atoms with Gasteiger partial charge in [-0.25, -0.2) is 9.99 Å². The summed E-state index contributed by atoms with van der Waals surface area (Å²) in [5, 5.41) is 9.96. The summed E-state index contributed by atoms with van der Waals surface area (Å²) in [5.41, 5.74) is 1.76. The molecule has 1 unspecified atom stereocenters. The standard InChI is InChI=1S/C27H42N8O3/c1-10-21-26(37)33(8)22-16-29-27(31-24(22)35(21)32(6)7)30-20-12-11-19(15-23(20)38-9)25(36)28-13-14-34(17(2)3)18(4)5/h11-12,15-18,21H,10,13-14H2,1-9H3,(H,28,36)(H,29,30,31). The molecule has 11 nitrogen and oxygen atoms in total. The number of hydrazine groups is 1. The number of ether oxygens (including phenoxy) is 1. The van der Waals surface area contributed by atoms with E-state index in [1.807, 2.05) is 31.0 Å². The van der Waals surface area contributed by atoms with Crippen molar-refractivity contribution in [2.75, 3.05) is 56.6 Å². The van der Waals surface area contributed by atoms with Crippen LogP contribution in [0.1, 0.15) is 51.4 Å². The van der Waals surface area contributed by atoms with Crippen molar-refractivity contribution in [3.63, 3.8) is 0 Å². The fourth-order valence-corrected chi connectivity index (χ4v) is 4.81. The fourth-order valence-electron chi connectivity index (χ4n) is 4.81. The lowest BCUT2D eigenvalue weighted by Crippen LogP contribution is -2.57. The quantitative estimate of drug-likeness (QED) is 0.457. The van der Waals surface area contributed by atoms with Gasteiger partial charge < -0.3 is 20.3 Å². The number of benzene rings is 1. The second-order valence-corrected chi connectivity index (χ2v) is 10.1. The lowest BCUT2D eigenvalue weighted by Gasteiger charge is -2.43. The van der Waals surface area contributed by atoms with E-state index in [0.717, 1.165) is 6.54 Å². The van der Waals surface area contributed by atoms with Crippen molar-refractivity contribution in [2.45, 2.75) is 59.2 Å². The Bertz CT molecular complexity index is 1130. The summed E-state index contributed by atoms with van der Waals surface area (Å²) < 4.78 is 5.57. The number of carbonyl (C=O) groups excluding carboxylic acids is 2. The highest BCUT2D eigenvalue weighted by molar-refractivity contribution is 6.04. The molecule has 2 heterocycles. The van der Waals surface area contributed by atoms with E-state index in [9.17, 15) is 9.59 Å². The van der Waals surface area contributed by atoms with E-state index in [2.05, 4.69) is 48.2 Å². The number of nitrogens with one attached hydrogen (secondary N) is 2. The molecule has 11 heteroatoms. The van der Waals surface area contributed by atoms with Crippen LogP contribution >= 0.6 is 0 Å². The third kappa shape index (κ3) is 6.16. The Hall–Kier alpha value is -3.44. The zero-order valence-corrected chi connectivity index (χ0v) is 24.1. The molecule has 0 spiro atoms. The molecule has 0 bridgehead atoms. The van der Waals surface area contributed by atoms with Crippen LogP contribution < -0.4 is 25.3 Å². The number of hydrogen-bond acceptors (Lipinski definition) is 9. The summed E-state index contributed by atoms with van der Waals surface area (Å²) in [6.07, 6.45) is 2.27. The Morgan fingerprint density at radius 1 is 1.18 bits per heavy atom. The van der Waals surface area contributed by atoms with Gasteiger partial charge in [0.05, 0.1) is 19.0 Å². The molecule has 0 fully saturated rings. The van der Waals surface area contributed by atoms with Crippen LogP contribution in [0.4, 0.5) is 23.1 Å². The first-order chi connectivity index (χ1) is 18.0. The number of carbonyl (C=O) groups is 2. The van der Waals surface area contributed by atoms with E-state index in [1.165, 1.54) is 0 Å². The monoisotopic (exact) mass is 526 g/mol. The highest BCUT2D eigenvalue weighted by Crippen LogP contribution is 2.36. The van der Waals surface area contributed by atoms with Gasteiger partial charge in [-0.2, -0.15) is 4.98 Å². The maximum atomic E-state index is 12.9. The first kappa shape index (κ1) is 29.1. The summed E-state index contributed by atoms with van der Waals surface area (Å²) in [7, 11) is 7.06. The predicted octanol–water partition coefficient (Wildman–Crippen LogP) is 3.12. The van der Waals surface area contributed by atoms with Gasteiger partial charge in [0.2, 0.25) is 5.95 Å². The zero-order chi connectivity index (χ0) is 28.1. The van der Waals surface area contributed by atoms with Gasteiger partial charge in [0, 0.05) is 51.9 Å². The van der Waals surface area contributed by atoms with Crippen LogP contribution in [0.5, 0.6) is 5.75 Å². The smallest absolute Gasteiger partial charge is 0.251 e. The minimum absolute atomic E-state index is 0.00494. The van der Waals surface area contributed by atoms with Crippen LogP contribution in [-0.4, -0.2) is 91.2 Å². The molecule has 1 aromatic heterocycles. The van der Waals surface area contributed by atoms with E-state index >= 15 is 0 Å². The molecule has 0 saturated carbocycles. The fraction of sp³-hybridized carbons (Fsp3) is 0.556. The van der Waals surface area contributed by atoms with E-state index < -0.39 is 0 Å². The Morgan fingerprint density at radius 2 is 1.87 bits per heavy atom. The van der Waals surface area contributed by atoms with Gasteiger partial charge in [0.25, 0.3) is 11.8 Å². The molecule has 38 heavy (non-hydrogen) atoms. The van der Waals surface area contributed by atoms with Crippen molar-refractivity contribution < 1.29 is 14.3 Å². The molecule has 3 rings (SSSR count). The normalized spacial score (nSPS) is 15.5. The number of aromatic nitrogens is 2. The van der Waals surface area contributed by atoms with Crippen molar-refractivity contribution in [1.29, 1.82) is 0 Å². The number of anilines is 4. The maximum absolute atomic E-state index is 12.9. The van der Waals surface area contributed by atoms with Crippen LogP contribution in [0.3, 0.4) is 0 Å². The molecule has 0 radical (unpaired) electrons. The Kier molecular flexibility index (Phi) is 9.50. The largest absolute Gasteiger partial charge is 0.495 e. The summed E-state index contributed by atoms with van der Waals surface area (Å²) in [5.74, 6) is 1.31. The van der Waals surface area contributed by atoms with Gasteiger partial charge in [0.15, 0.2) is 5.82 Å². The first-order valence-electron chi connectivity index (χ1n) is 13.1. The Balaban J connectivity index is 1.79. The average molecular weight is 527 g/mol. The summed E-state index contributed by atoms with van der Waals surface area (Å²) in [4.78, 5) is 38.8. The molecule has 1 aliphatic heterocycles. The Labute approximate surface area is 226 Å². The highest BCUT2D eigenvalue weighted by Gasteiger charge is 2.38. The van der Waals surface area contributed by atoms with Crippen molar-refractivity contribution >= 4 is 35.0 Å². The number of rotatable bonds is 11. The Morgan fingerprint density at radius 3 is 2.45 bits per heavy atom. The van der Waals surface area contributed by atoms with E-state index in [4.69, 9.17) is 9.72 Å². The number of hydrogen-bond donors (Lipinski definition) is 2. The summed E-state index contributed by atoms with van der Waals surface area (Å²) in [6.45, 7) is 11.9. The lowest BCUT2D eigenvalue weighted by atomic mass is 10.1.